The van der Waals surface area contributed by atoms with E-state index in [1.165, 1.54) is 0 Å². The molecule has 1 aromatic heterocycles. The predicted molar refractivity (Wildman–Crippen MR) is 88.2 cm³/mol. The van der Waals surface area contributed by atoms with E-state index in [4.69, 9.17) is 0 Å². The molecule has 0 spiro atoms. The van der Waals surface area contributed by atoms with Crippen LogP contribution >= 0.6 is 11.3 Å². The number of carbonyl (C=O) groups is 1. The minimum Gasteiger partial charge on any atom is -0.352 e. The Kier molecular flexibility index (Phi) is 4.78. The molecule has 3 nitrogen and oxygen atoms in total. The van der Waals surface area contributed by atoms with Gasteiger partial charge in [-0.05, 0) is 12.0 Å². The minimum atomic E-state index is -0.350. The first-order chi connectivity index (χ1) is 9.90. The number of aromatic nitrogens is 1. The number of rotatable bonds is 4. The van der Waals surface area contributed by atoms with E-state index in [0.29, 0.717) is 6.54 Å². The summed E-state index contributed by atoms with van der Waals surface area (Å²) in [7, 11) is 0. The van der Waals surface area contributed by atoms with Crippen LogP contribution in [0.15, 0.2) is 29.6 Å². The van der Waals surface area contributed by atoms with E-state index in [2.05, 4.69) is 34.7 Å². The predicted octanol–water partition coefficient (Wildman–Crippen LogP) is 4.03. The largest absolute Gasteiger partial charge is 0.352 e. The highest BCUT2D eigenvalue weighted by molar-refractivity contribution is 7.13. The molecular weight excluding hydrogens is 280 g/mol. The van der Waals surface area contributed by atoms with Crippen molar-refractivity contribution in [3.63, 3.8) is 0 Å². The van der Waals surface area contributed by atoms with E-state index in [0.717, 1.165) is 28.2 Å². The number of carbonyl (C=O) groups excluding carboxylic acids is 1. The molecule has 0 aliphatic heterocycles. The van der Waals surface area contributed by atoms with E-state index in [9.17, 15) is 4.79 Å². The normalized spacial score (nSPS) is 11.4. The Morgan fingerprint density at radius 3 is 2.43 bits per heavy atom. The van der Waals surface area contributed by atoms with Gasteiger partial charge in [0, 0.05) is 22.9 Å². The second-order valence-corrected chi connectivity index (χ2v) is 6.99. The number of benzene rings is 1. The lowest BCUT2D eigenvalue weighted by molar-refractivity contribution is -0.128. The van der Waals surface area contributed by atoms with Crippen LogP contribution in [0, 0.1) is 5.41 Å². The van der Waals surface area contributed by atoms with Crippen molar-refractivity contribution in [1.29, 1.82) is 0 Å². The number of amides is 1. The Bertz CT molecular complexity index is 608. The lowest BCUT2D eigenvalue weighted by Gasteiger charge is -2.17. The van der Waals surface area contributed by atoms with Crippen molar-refractivity contribution in [2.75, 3.05) is 0 Å². The average Bonchev–Trinajstić information content (AvgIpc) is 2.93. The Morgan fingerprint density at radius 2 is 1.90 bits per heavy atom. The molecule has 0 saturated carbocycles. The Balaban J connectivity index is 2.00. The number of thiazole rings is 1. The molecule has 0 fully saturated rings. The Morgan fingerprint density at radius 1 is 1.24 bits per heavy atom. The number of hydrogen-bond donors (Lipinski definition) is 1. The van der Waals surface area contributed by atoms with Crippen molar-refractivity contribution in [1.82, 2.24) is 10.3 Å². The number of aryl methyl sites for hydroxylation is 1. The highest BCUT2D eigenvalue weighted by Crippen LogP contribution is 2.24. The van der Waals surface area contributed by atoms with Gasteiger partial charge in [-0.3, -0.25) is 4.79 Å². The summed E-state index contributed by atoms with van der Waals surface area (Å²) >= 11 is 1.67. The van der Waals surface area contributed by atoms with Crippen molar-refractivity contribution in [3.8, 4) is 10.6 Å². The van der Waals surface area contributed by atoms with Gasteiger partial charge in [0.25, 0.3) is 0 Å². The van der Waals surface area contributed by atoms with E-state index in [1.54, 1.807) is 11.3 Å². The molecule has 2 aromatic rings. The summed E-state index contributed by atoms with van der Waals surface area (Å²) in [6.45, 7) is 8.42. The molecule has 0 unspecified atom stereocenters. The van der Waals surface area contributed by atoms with Crippen molar-refractivity contribution in [2.45, 2.75) is 40.7 Å². The summed E-state index contributed by atoms with van der Waals surface area (Å²) in [5, 5.41) is 6.12. The molecule has 1 amide bonds. The Hall–Kier alpha value is -1.68. The van der Waals surface area contributed by atoms with Crippen LogP contribution < -0.4 is 5.32 Å². The van der Waals surface area contributed by atoms with Crippen molar-refractivity contribution < 1.29 is 4.79 Å². The summed E-state index contributed by atoms with van der Waals surface area (Å²) in [6, 6.07) is 8.23. The number of hydrogen-bond acceptors (Lipinski definition) is 3. The average molecular weight is 302 g/mol. The quantitative estimate of drug-likeness (QED) is 0.926. The van der Waals surface area contributed by atoms with Gasteiger partial charge in [0.2, 0.25) is 5.91 Å². The molecule has 0 bridgehead atoms. The fraction of sp³-hybridized carbons (Fsp3) is 0.412. The van der Waals surface area contributed by atoms with Crippen LogP contribution in [0.2, 0.25) is 0 Å². The first-order valence-corrected chi connectivity index (χ1v) is 8.10. The number of nitrogens with zero attached hydrogens (tertiary/aromatic N) is 1. The van der Waals surface area contributed by atoms with Gasteiger partial charge in [-0.15, -0.1) is 11.3 Å². The summed E-state index contributed by atoms with van der Waals surface area (Å²) in [5.41, 5.74) is 3.02. The minimum absolute atomic E-state index is 0.0686. The Labute approximate surface area is 130 Å². The zero-order valence-corrected chi connectivity index (χ0v) is 13.9. The maximum atomic E-state index is 11.8. The topological polar surface area (TPSA) is 42.0 Å². The molecule has 0 atom stereocenters. The van der Waals surface area contributed by atoms with E-state index in [-0.39, 0.29) is 11.3 Å². The van der Waals surface area contributed by atoms with Gasteiger partial charge in [-0.25, -0.2) is 4.98 Å². The van der Waals surface area contributed by atoms with Gasteiger partial charge in [0.05, 0.1) is 5.69 Å². The van der Waals surface area contributed by atoms with Crippen LogP contribution in [0.4, 0.5) is 0 Å². The van der Waals surface area contributed by atoms with Crippen LogP contribution in [0.1, 0.15) is 39.0 Å². The fourth-order valence-electron chi connectivity index (χ4n) is 1.81. The lowest BCUT2D eigenvalue weighted by atomic mass is 9.95. The molecule has 21 heavy (non-hydrogen) atoms. The molecule has 0 saturated heterocycles. The van der Waals surface area contributed by atoms with Gasteiger partial charge in [0.1, 0.15) is 5.01 Å². The van der Waals surface area contributed by atoms with Crippen LogP contribution in [0.3, 0.4) is 0 Å². The highest BCUT2D eigenvalue weighted by Gasteiger charge is 2.20. The molecule has 2 rings (SSSR count). The molecule has 0 radical (unpaired) electrons. The van der Waals surface area contributed by atoms with Crippen molar-refractivity contribution >= 4 is 17.2 Å². The molecule has 1 aromatic carbocycles. The summed E-state index contributed by atoms with van der Waals surface area (Å²) in [4.78, 5) is 16.4. The van der Waals surface area contributed by atoms with Crippen LogP contribution in [-0.4, -0.2) is 10.9 Å². The lowest BCUT2D eigenvalue weighted by Crippen LogP contribution is -2.34. The molecule has 4 heteroatoms. The standard InChI is InChI=1S/C17H22N2OS/c1-5-14-11-21-15(19-14)13-8-6-12(7-9-13)10-18-16(20)17(2,3)4/h6-9,11H,5,10H2,1-4H3,(H,18,20). The second kappa shape index (κ2) is 6.39. The van der Waals surface area contributed by atoms with E-state index >= 15 is 0 Å². The third kappa shape index (κ3) is 4.14. The molecule has 112 valence electrons. The first kappa shape index (κ1) is 15.7. The summed E-state index contributed by atoms with van der Waals surface area (Å²) in [6.07, 6.45) is 0.966. The smallest absolute Gasteiger partial charge is 0.225 e. The fourth-order valence-corrected chi connectivity index (χ4v) is 2.72. The third-order valence-electron chi connectivity index (χ3n) is 3.25. The molecule has 0 aliphatic rings. The van der Waals surface area contributed by atoms with Gasteiger partial charge in [0.15, 0.2) is 0 Å². The maximum Gasteiger partial charge on any atom is 0.225 e. The zero-order chi connectivity index (χ0) is 15.5. The van der Waals surface area contributed by atoms with Gasteiger partial charge >= 0.3 is 0 Å². The van der Waals surface area contributed by atoms with Gasteiger partial charge in [-0.1, -0.05) is 52.0 Å². The zero-order valence-electron chi connectivity index (χ0n) is 13.1. The third-order valence-corrected chi connectivity index (χ3v) is 4.19. The molecule has 1 heterocycles. The van der Waals surface area contributed by atoms with Crippen LogP contribution in [0.5, 0.6) is 0 Å². The first-order valence-electron chi connectivity index (χ1n) is 7.22. The van der Waals surface area contributed by atoms with Crippen molar-refractivity contribution in [3.05, 3.63) is 40.9 Å². The van der Waals surface area contributed by atoms with Gasteiger partial charge < -0.3 is 5.32 Å². The monoisotopic (exact) mass is 302 g/mol. The van der Waals surface area contributed by atoms with Crippen molar-refractivity contribution in [2.24, 2.45) is 5.41 Å². The molecule has 0 aliphatic carbocycles. The summed E-state index contributed by atoms with van der Waals surface area (Å²) < 4.78 is 0. The van der Waals surface area contributed by atoms with Gasteiger partial charge in [-0.2, -0.15) is 0 Å². The maximum absolute atomic E-state index is 11.8. The SMILES string of the molecule is CCc1csc(-c2ccc(CNC(=O)C(C)(C)C)cc2)n1. The molecular formula is C17H22N2OS. The van der Waals surface area contributed by atoms with Crippen LogP contribution in [0.25, 0.3) is 10.6 Å². The molecule has 1 N–H and O–H groups in total. The van der Waals surface area contributed by atoms with Crippen LogP contribution in [-0.2, 0) is 17.8 Å². The van der Waals surface area contributed by atoms with E-state index < -0.39 is 0 Å². The van der Waals surface area contributed by atoms with E-state index in [1.807, 2.05) is 32.9 Å². The number of nitrogens with one attached hydrogen (secondary N) is 1. The second-order valence-electron chi connectivity index (χ2n) is 6.13. The summed E-state index contributed by atoms with van der Waals surface area (Å²) in [5.74, 6) is 0.0686. The highest BCUT2D eigenvalue weighted by atomic mass is 32.1.